The molecule has 2 amide bonds. The van der Waals surface area contributed by atoms with Crippen molar-refractivity contribution < 1.29 is 4.79 Å². The summed E-state index contributed by atoms with van der Waals surface area (Å²) in [6.45, 7) is 2.37. The van der Waals surface area contributed by atoms with E-state index in [0.29, 0.717) is 12.1 Å². The van der Waals surface area contributed by atoms with Gasteiger partial charge in [-0.25, -0.2) is 4.79 Å². The highest BCUT2D eigenvalue weighted by molar-refractivity contribution is 5.73. The van der Waals surface area contributed by atoms with Gasteiger partial charge < -0.3 is 10.6 Å². The van der Waals surface area contributed by atoms with Gasteiger partial charge in [-0.15, -0.1) is 0 Å². The van der Waals surface area contributed by atoms with Crippen LogP contribution < -0.4 is 10.6 Å². The van der Waals surface area contributed by atoms with E-state index in [1.165, 1.54) is 19.4 Å². The van der Waals surface area contributed by atoms with Crippen molar-refractivity contribution in [3.8, 4) is 0 Å². The molecule has 2 aliphatic rings. The zero-order valence-corrected chi connectivity index (χ0v) is 8.05. The van der Waals surface area contributed by atoms with Gasteiger partial charge in [0.2, 0.25) is 0 Å². The first-order valence-electron chi connectivity index (χ1n) is 5.03. The van der Waals surface area contributed by atoms with Crippen LogP contribution >= 0.6 is 0 Å². The van der Waals surface area contributed by atoms with Crippen molar-refractivity contribution >= 4 is 6.03 Å². The molecule has 2 aliphatic heterocycles. The molecule has 4 nitrogen and oxygen atoms in total. The molecule has 0 bridgehead atoms. The van der Waals surface area contributed by atoms with Gasteiger partial charge in [0, 0.05) is 25.7 Å². The van der Waals surface area contributed by atoms with Gasteiger partial charge in [0.15, 0.2) is 0 Å². The molecular formula is C9H17N3O. The number of carbonyl (C=O) groups excluding carboxylic acids is 1. The molecule has 2 N–H and O–H groups in total. The minimum absolute atomic E-state index is 0.0428. The molecule has 0 aromatic carbocycles. The number of nitrogens with zero attached hydrogens (tertiary/aromatic N) is 1. The SMILES string of the molecule is CNC(=O)NC1CCN2CCCC12. The van der Waals surface area contributed by atoms with Crippen molar-refractivity contribution in [2.24, 2.45) is 0 Å². The molecule has 13 heavy (non-hydrogen) atoms. The molecule has 0 aliphatic carbocycles. The number of rotatable bonds is 1. The summed E-state index contributed by atoms with van der Waals surface area (Å²) < 4.78 is 0. The Labute approximate surface area is 78.7 Å². The van der Waals surface area contributed by atoms with E-state index >= 15 is 0 Å². The van der Waals surface area contributed by atoms with Crippen LogP contribution in [0.4, 0.5) is 4.79 Å². The van der Waals surface area contributed by atoms with Gasteiger partial charge in [0.25, 0.3) is 0 Å². The van der Waals surface area contributed by atoms with Crippen molar-refractivity contribution in [3.63, 3.8) is 0 Å². The Morgan fingerprint density at radius 2 is 2.23 bits per heavy atom. The summed E-state index contributed by atoms with van der Waals surface area (Å²) in [6, 6.07) is 0.943. The van der Waals surface area contributed by atoms with Crippen molar-refractivity contribution in [2.45, 2.75) is 31.3 Å². The first-order valence-corrected chi connectivity index (χ1v) is 5.03. The van der Waals surface area contributed by atoms with Crippen LogP contribution in [0.15, 0.2) is 0 Å². The van der Waals surface area contributed by atoms with E-state index in [-0.39, 0.29) is 6.03 Å². The summed E-state index contributed by atoms with van der Waals surface area (Å²) in [7, 11) is 1.66. The highest BCUT2D eigenvalue weighted by atomic mass is 16.2. The molecule has 0 aromatic heterocycles. The van der Waals surface area contributed by atoms with E-state index in [1.807, 2.05) is 0 Å². The first-order chi connectivity index (χ1) is 6.31. The monoisotopic (exact) mass is 183 g/mol. The Bertz CT molecular complexity index is 207. The fourth-order valence-corrected chi connectivity index (χ4v) is 2.49. The van der Waals surface area contributed by atoms with Crippen LogP contribution in [0.25, 0.3) is 0 Å². The van der Waals surface area contributed by atoms with Gasteiger partial charge in [0.05, 0.1) is 0 Å². The Hall–Kier alpha value is -0.770. The molecule has 2 fully saturated rings. The molecule has 4 heteroatoms. The van der Waals surface area contributed by atoms with Gasteiger partial charge in [0.1, 0.15) is 0 Å². The molecule has 0 saturated carbocycles. The maximum Gasteiger partial charge on any atom is 0.314 e. The fourth-order valence-electron chi connectivity index (χ4n) is 2.49. The predicted molar refractivity (Wildman–Crippen MR) is 50.6 cm³/mol. The molecule has 2 saturated heterocycles. The van der Waals surface area contributed by atoms with Crippen LogP contribution in [0.3, 0.4) is 0 Å². The molecule has 2 rings (SSSR count). The first kappa shape index (κ1) is 8.81. The van der Waals surface area contributed by atoms with Gasteiger partial charge in [-0.05, 0) is 25.8 Å². The van der Waals surface area contributed by atoms with Crippen LogP contribution in [-0.2, 0) is 0 Å². The highest BCUT2D eigenvalue weighted by Crippen LogP contribution is 2.27. The second kappa shape index (κ2) is 3.54. The Balaban J connectivity index is 1.90. The third-order valence-corrected chi connectivity index (χ3v) is 3.15. The summed E-state index contributed by atoms with van der Waals surface area (Å²) in [6.07, 6.45) is 3.64. The lowest BCUT2D eigenvalue weighted by Gasteiger charge is -2.20. The van der Waals surface area contributed by atoms with Gasteiger partial charge in [-0.2, -0.15) is 0 Å². The van der Waals surface area contributed by atoms with Crippen LogP contribution in [-0.4, -0.2) is 43.2 Å². The number of nitrogens with one attached hydrogen (secondary N) is 2. The smallest absolute Gasteiger partial charge is 0.314 e. The number of hydrogen-bond acceptors (Lipinski definition) is 2. The van der Waals surface area contributed by atoms with E-state index in [0.717, 1.165) is 13.0 Å². The zero-order valence-electron chi connectivity index (χ0n) is 8.05. The standard InChI is InChI=1S/C9H17N3O/c1-10-9(13)11-7-4-6-12-5-2-3-8(7)12/h7-8H,2-6H2,1H3,(H2,10,11,13). The summed E-state index contributed by atoms with van der Waals surface area (Å²) in [5, 5.41) is 5.61. The molecule has 0 spiro atoms. The minimum atomic E-state index is -0.0428. The Morgan fingerprint density at radius 3 is 3.00 bits per heavy atom. The Morgan fingerprint density at radius 1 is 1.38 bits per heavy atom. The average Bonchev–Trinajstić information content (AvgIpc) is 2.69. The lowest BCUT2D eigenvalue weighted by atomic mass is 10.1. The average molecular weight is 183 g/mol. The van der Waals surface area contributed by atoms with Crippen LogP contribution in [0.2, 0.25) is 0 Å². The Kier molecular flexibility index (Phi) is 2.40. The van der Waals surface area contributed by atoms with Crippen molar-refractivity contribution in [3.05, 3.63) is 0 Å². The van der Waals surface area contributed by atoms with Crippen LogP contribution in [0.5, 0.6) is 0 Å². The van der Waals surface area contributed by atoms with Crippen LogP contribution in [0.1, 0.15) is 19.3 Å². The third kappa shape index (κ3) is 1.63. The zero-order chi connectivity index (χ0) is 9.26. The van der Waals surface area contributed by atoms with Crippen molar-refractivity contribution in [1.29, 1.82) is 0 Å². The van der Waals surface area contributed by atoms with Gasteiger partial charge in [-0.1, -0.05) is 0 Å². The van der Waals surface area contributed by atoms with Gasteiger partial charge in [-0.3, -0.25) is 4.90 Å². The summed E-state index contributed by atoms with van der Waals surface area (Å²) >= 11 is 0. The molecule has 2 unspecified atom stereocenters. The predicted octanol–water partition coefficient (Wildman–Crippen LogP) is 0.152. The minimum Gasteiger partial charge on any atom is -0.341 e. The molecule has 2 heterocycles. The molecule has 0 radical (unpaired) electrons. The highest BCUT2D eigenvalue weighted by Gasteiger charge is 2.37. The van der Waals surface area contributed by atoms with Crippen LogP contribution in [0, 0.1) is 0 Å². The topological polar surface area (TPSA) is 44.4 Å². The summed E-state index contributed by atoms with van der Waals surface area (Å²) in [5.41, 5.74) is 0. The normalized spacial score (nSPS) is 33.0. The van der Waals surface area contributed by atoms with E-state index in [1.54, 1.807) is 7.05 Å². The van der Waals surface area contributed by atoms with Gasteiger partial charge >= 0.3 is 6.03 Å². The van der Waals surface area contributed by atoms with E-state index < -0.39 is 0 Å². The number of amides is 2. The second-order valence-corrected chi connectivity index (χ2v) is 3.86. The van der Waals surface area contributed by atoms with E-state index in [4.69, 9.17) is 0 Å². The summed E-state index contributed by atoms with van der Waals surface area (Å²) in [5.74, 6) is 0. The van der Waals surface area contributed by atoms with Crippen molar-refractivity contribution in [2.75, 3.05) is 20.1 Å². The number of hydrogen-bond donors (Lipinski definition) is 2. The maximum absolute atomic E-state index is 11.1. The molecular weight excluding hydrogens is 166 g/mol. The second-order valence-electron chi connectivity index (χ2n) is 3.86. The fraction of sp³-hybridized carbons (Fsp3) is 0.889. The number of fused-ring (bicyclic) bond motifs is 1. The van der Waals surface area contributed by atoms with Crippen molar-refractivity contribution in [1.82, 2.24) is 15.5 Å². The molecule has 0 aromatic rings. The summed E-state index contributed by atoms with van der Waals surface area (Å²) in [4.78, 5) is 13.6. The lowest BCUT2D eigenvalue weighted by Crippen LogP contribution is -2.45. The molecule has 2 atom stereocenters. The molecule has 74 valence electrons. The lowest BCUT2D eigenvalue weighted by molar-refractivity contribution is 0.233. The van der Waals surface area contributed by atoms with E-state index in [2.05, 4.69) is 15.5 Å². The maximum atomic E-state index is 11.1. The van der Waals surface area contributed by atoms with E-state index in [9.17, 15) is 4.79 Å². The number of carbonyl (C=O) groups is 1. The largest absolute Gasteiger partial charge is 0.341 e. The number of urea groups is 1. The third-order valence-electron chi connectivity index (χ3n) is 3.15. The quantitative estimate of drug-likeness (QED) is 0.608.